The summed E-state index contributed by atoms with van der Waals surface area (Å²) in [5, 5.41) is 8.46. The number of rotatable bonds is 6. The van der Waals surface area contributed by atoms with Crippen LogP contribution in [0.4, 0.5) is 5.69 Å². The number of aryl methyl sites for hydroxylation is 1. The average Bonchev–Trinajstić information content (AvgIpc) is 3.20. The lowest BCUT2D eigenvalue weighted by Crippen LogP contribution is -2.10. The predicted molar refractivity (Wildman–Crippen MR) is 117 cm³/mol. The lowest BCUT2D eigenvalue weighted by molar-refractivity contribution is 0.484. The third kappa shape index (κ3) is 4.66. The molecule has 0 amide bonds. The highest BCUT2D eigenvalue weighted by molar-refractivity contribution is 7.92. The maximum Gasteiger partial charge on any atom is 0.229 e. The molecule has 152 valence electrons. The summed E-state index contributed by atoms with van der Waals surface area (Å²) in [6.07, 6.45) is 2.91. The Hall–Kier alpha value is -3.65. The molecule has 0 atom stereocenters. The van der Waals surface area contributed by atoms with Crippen molar-refractivity contribution in [2.45, 2.75) is 6.92 Å². The van der Waals surface area contributed by atoms with E-state index in [1.54, 1.807) is 35.0 Å². The first-order chi connectivity index (χ1) is 14.4. The van der Waals surface area contributed by atoms with Gasteiger partial charge in [0, 0.05) is 11.6 Å². The standard InChI is InChI=1S/C22H20N4O3S/c1-16-8-10-17(11-9-16)21-15-26(25-23-21)18-12-13-20(24-30(2,27)28)22(14-18)29-19-6-4-3-5-7-19/h3-15,24H,1-2H3. The van der Waals surface area contributed by atoms with Crippen LogP contribution in [0.2, 0.25) is 0 Å². The van der Waals surface area contributed by atoms with E-state index in [1.165, 1.54) is 5.56 Å². The number of hydrogen-bond donors (Lipinski definition) is 1. The summed E-state index contributed by atoms with van der Waals surface area (Å²) in [6.45, 7) is 2.03. The molecule has 0 aliphatic carbocycles. The molecule has 0 unspecified atom stereocenters. The number of ether oxygens (including phenoxy) is 1. The quantitative estimate of drug-likeness (QED) is 0.499. The van der Waals surface area contributed by atoms with E-state index < -0.39 is 10.0 Å². The van der Waals surface area contributed by atoms with Crippen molar-refractivity contribution in [3.63, 3.8) is 0 Å². The number of para-hydroxylation sites is 1. The molecule has 4 rings (SSSR count). The van der Waals surface area contributed by atoms with Gasteiger partial charge in [-0.1, -0.05) is 53.2 Å². The summed E-state index contributed by atoms with van der Waals surface area (Å²) >= 11 is 0. The maximum atomic E-state index is 11.8. The van der Waals surface area contributed by atoms with Gasteiger partial charge in [0.2, 0.25) is 10.0 Å². The molecule has 7 nitrogen and oxygen atoms in total. The molecule has 3 aromatic carbocycles. The highest BCUT2D eigenvalue weighted by Crippen LogP contribution is 2.32. The van der Waals surface area contributed by atoms with Crippen molar-refractivity contribution < 1.29 is 13.2 Å². The smallest absolute Gasteiger partial charge is 0.229 e. The molecule has 0 fully saturated rings. The van der Waals surface area contributed by atoms with Gasteiger partial charge < -0.3 is 4.74 Å². The van der Waals surface area contributed by atoms with E-state index in [4.69, 9.17) is 4.74 Å². The largest absolute Gasteiger partial charge is 0.455 e. The molecule has 30 heavy (non-hydrogen) atoms. The number of nitrogens with one attached hydrogen (secondary N) is 1. The van der Waals surface area contributed by atoms with E-state index in [9.17, 15) is 8.42 Å². The minimum atomic E-state index is -3.47. The average molecular weight is 420 g/mol. The molecular weight excluding hydrogens is 400 g/mol. The van der Waals surface area contributed by atoms with Crippen molar-refractivity contribution in [2.75, 3.05) is 11.0 Å². The number of hydrogen-bond acceptors (Lipinski definition) is 5. The van der Waals surface area contributed by atoms with Crippen LogP contribution in [-0.4, -0.2) is 29.7 Å². The van der Waals surface area contributed by atoms with Gasteiger partial charge in [-0.15, -0.1) is 5.10 Å². The summed E-state index contributed by atoms with van der Waals surface area (Å²) in [4.78, 5) is 0. The molecule has 0 radical (unpaired) electrons. The van der Waals surface area contributed by atoms with Crippen LogP contribution in [0.1, 0.15) is 5.56 Å². The van der Waals surface area contributed by atoms with Gasteiger partial charge in [-0.2, -0.15) is 0 Å². The molecule has 1 heterocycles. The van der Waals surface area contributed by atoms with Crippen LogP contribution >= 0.6 is 0 Å². The highest BCUT2D eigenvalue weighted by Gasteiger charge is 2.13. The van der Waals surface area contributed by atoms with E-state index in [0.717, 1.165) is 17.5 Å². The Balaban J connectivity index is 1.70. The predicted octanol–water partition coefficient (Wildman–Crippen LogP) is 4.41. The Kier molecular flexibility index (Phi) is 5.24. The minimum Gasteiger partial charge on any atom is -0.455 e. The molecule has 0 saturated carbocycles. The molecule has 8 heteroatoms. The maximum absolute atomic E-state index is 11.8. The highest BCUT2D eigenvalue weighted by atomic mass is 32.2. The first kappa shape index (κ1) is 19.7. The fraction of sp³-hybridized carbons (Fsp3) is 0.0909. The van der Waals surface area contributed by atoms with E-state index in [0.29, 0.717) is 22.9 Å². The Morgan fingerprint density at radius 1 is 0.967 bits per heavy atom. The first-order valence-electron chi connectivity index (χ1n) is 9.22. The number of benzene rings is 3. The van der Waals surface area contributed by atoms with Crippen LogP contribution in [0.5, 0.6) is 11.5 Å². The van der Waals surface area contributed by atoms with Crippen molar-refractivity contribution in [1.29, 1.82) is 0 Å². The van der Waals surface area contributed by atoms with E-state index in [-0.39, 0.29) is 0 Å². The molecule has 1 N–H and O–H groups in total. The lowest BCUT2D eigenvalue weighted by atomic mass is 10.1. The Bertz CT molecular complexity index is 1270. The van der Waals surface area contributed by atoms with Crippen molar-refractivity contribution in [3.05, 3.63) is 84.6 Å². The summed E-state index contributed by atoms with van der Waals surface area (Å²) in [7, 11) is -3.47. The lowest BCUT2D eigenvalue weighted by Gasteiger charge is -2.13. The zero-order chi connectivity index (χ0) is 21.1. The second-order valence-corrected chi connectivity index (χ2v) is 8.63. The van der Waals surface area contributed by atoms with Gasteiger partial charge in [0.25, 0.3) is 0 Å². The number of nitrogens with zero attached hydrogens (tertiary/aromatic N) is 3. The third-order valence-corrected chi connectivity index (χ3v) is 4.93. The molecule has 4 aromatic rings. The van der Waals surface area contributed by atoms with Gasteiger partial charge in [-0.25, -0.2) is 13.1 Å². The van der Waals surface area contributed by atoms with Crippen LogP contribution < -0.4 is 9.46 Å². The van der Waals surface area contributed by atoms with Crippen molar-refractivity contribution in [2.24, 2.45) is 0 Å². The zero-order valence-electron chi connectivity index (χ0n) is 16.5. The van der Waals surface area contributed by atoms with E-state index in [1.807, 2.05) is 55.6 Å². The fourth-order valence-corrected chi connectivity index (χ4v) is 3.45. The number of sulfonamides is 1. The Morgan fingerprint density at radius 3 is 2.40 bits per heavy atom. The van der Waals surface area contributed by atoms with Crippen molar-refractivity contribution in [3.8, 4) is 28.4 Å². The van der Waals surface area contributed by atoms with E-state index >= 15 is 0 Å². The summed E-state index contributed by atoms with van der Waals surface area (Å²) < 4.78 is 33.5. The van der Waals surface area contributed by atoms with Crippen LogP contribution in [0.25, 0.3) is 16.9 Å². The molecule has 0 aliphatic rings. The second-order valence-electron chi connectivity index (χ2n) is 6.88. The zero-order valence-corrected chi connectivity index (χ0v) is 17.3. The third-order valence-electron chi connectivity index (χ3n) is 4.34. The van der Waals surface area contributed by atoms with Gasteiger partial charge in [0.15, 0.2) is 5.75 Å². The summed E-state index contributed by atoms with van der Waals surface area (Å²) in [5.74, 6) is 0.946. The molecule has 0 aliphatic heterocycles. The first-order valence-corrected chi connectivity index (χ1v) is 11.1. The van der Waals surface area contributed by atoms with Crippen LogP contribution in [0.15, 0.2) is 79.0 Å². The van der Waals surface area contributed by atoms with Crippen molar-refractivity contribution in [1.82, 2.24) is 15.0 Å². The van der Waals surface area contributed by atoms with Crippen LogP contribution in [-0.2, 0) is 10.0 Å². The summed E-state index contributed by atoms with van der Waals surface area (Å²) in [6, 6.07) is 22.3. The van der Waals surface area contributed by atoms with Gasteiger partial charge >= 0.3 is 0 Å². The second kappa shape index (κ2) is 8.00. The molecule has 0 spiro atoms. The minimum absolute atomic E-state index is 0.337. The van der Waals surface area contributed by atoms with Gasteiger partial charge in [0.05, 0.1) is 23.8 Å². The Labute approximate surface area is 175 Å². The SMILES string of the molecule is Cc1ccc(-c2cn(-c3ccc(NS(C)(=O)=O)c(Oc4ccccc4)c3)nn2)cc1. The van der Waals surface area contributed by atoms with Gasteiger partial charge in [0.1, 0.15) is 11.4 Å². The normalized spacial score (nSPS) is 11.3. The fourth-order valence-electron chi connectivity index (χ4n) is 2.88. The monoisotopic (exact) mass is 420 g/mol. The Morgan fingerprint density at radius 2 is 1.70 bits per heavy atom. The molecule has 0 bridgehead atoms. The van der Waals surface area contributed by atoms with Gasteiger partial charge in [-0.3, -0.25) is 4.72 Å². The topological polar surface area (TPSA) is 86.1 Å². The summed E-state index contributed by atoms with van der Waals surface area (Å²) in [5.41, 5.74) is 3.89. The number of aromatic nitrogens is 3. The number of anilines is 1. The van der Waals surface area contributed by atoms with Crippen molar-refractivity contribution >= 4 is 15.7 Å². The molecular formula is C22H20N4O3S. The molecule has 1 aromatic heterocycles. The van der Waals surface area contributed by atoms with Gasteiger partial charge in [-0.05, 0) is 31.2 Å². The molecule has 0 saturated heterocycles. The van der Waals surface area contributed by atoms with Crippen LogP contribution in [0.3, 0.4) is 0 Å². The van der Waals surface area contributed by atoms with Crippen LogP contribution in [0, 0.1) is 6.92 Å². The van der Waals surface area contributed by atoms with E-state index in [2.05, 4.69) is 15.0 Å².